The van der Waals surface area contributed by atoms with Crippen molar-refractivity contribution in [1.82, 2.24) is 14.5 Å². The van der Waals surface area contributed by atoms with E-state index in [0.29, 0.717) is 12.0 Å². The first-order chi connectivity index (χ1) is 18.2. The largest absolute Gasteiger partial charge is 0.494 e. The highest BCUT2D eigenvalue weighted by molar-refractivity contribution is 5.65. The van der Waals surface area contributed by atoms with Crippen molar-refractivity contribution in [3.63, 3.8) is 0 Å². The Morgan fingerprint density at radius 3 is 2.34 bits per heavy atom. The van der Waals surface area contributed by atoms with Crippen molar-refractivity contribution >= 4 is 0 Å². The number of ether oxygens (including phenoxy) is 1. The van der Waals surface area contributed by atoms with Crippen LogP contribution in [0.3, 0.4) is 0 Å². The quantitative estimate of drug-likeness (QED) is 0.289. The molecule has 0 aliphatic carbocycles. The lowest BCUT2D eigenvalue weighted by Crippen LogP contribution is -2.26. The zero-order valence-corrected chi connectivity index (χ0v) is 21.9. The molecule has 4 aromatic rings. The zero-order valence-electron chi connectivity index (χ0n) is 21.9. The molecule has 2 aromatic heterocycles. The van der Waals surface area contributed by atoms with E-state index in [1.54, 1.807) is 6.20 Å². The lowest BCUT2D eigenvalue weighted by molar-refractivity contribution is 0.0573. The number of benzene rings is 2. The van der Waals surface area contributed by atoms with Crippen LogP contribution in [-0.2, 0) is 17.8 Å². The second kappa shape index (κ2) is 11.6. The highest BCUT2D eigenvalue weighted by Gasteiger charge is 2.24. The number of nitrogens with zero attached hydrogens (tertiary/aromatic N) is 3. The molecule has 0 aliphatic heterocycles. The predicted molar refractivity (Wildman–Crippen MR) is 142 cm³/mol. The van der Waals surface area contributed by atoms with Crippen LogP contribution in [0.5, 0.6) is 5.88 Å². The molecule has 38 heavy (non-hydrogen) atoms. The molecular formula is C30H31F2N3O3. The molecule has 0 saturated heterocycles. The smallest absolute Gasteiger partial charge is 0.280 e. The third kappa shape index (κ3) is 5.97. The van der Waals surface area contributed by atoms with Crippen LogP contribution in [-0.4, -0.2) is 25.7 Å². The number of hydrogen-bond acceptors (Lipinski definition) is 5. The molecule has 2 aromatic carbocycles. The fraction of sp³-hybridized carbons (Fsp3) is 0.300. The standard InChI is InChI=1S/C30H31F2N3O3/c1-5-27(22-14-23(31)16-24(32)15-22)35-28(17-38-18(2)3)34-29(36)26(30(35)37)13-20-8-10-21(11-9-20)25-7-6-12-33-19(25)4/h6-12,14-16,18,27,37H,5,13,17H2,1-4H3/t27-/m0/s1. The number of aromatic hydroxyl groups is 1. The van der Waals surface area contributed by atoms with E-state index in [-0.39, 0.29) is 36.4 Å². The maximum absolute atomic E-state index is 14.1. The predicted octanol–water partition coefficient (Wildman–Crippen LogP) is 6.11. The molecule has 8 heteroatoms. The SMILES string of the molecule is CC[C@@H](c1cc(F)cc(F)c1)n1c(COC(C)C)nc(=O)c(Cc2ccc(-c3cccnc3C)cc2)c1O. The first-order valence-corrected chi connectivity index (χ1v) is 12.6. The van der Waals surface area contributed by atoms with Crippen molar-refractivity contribution in [2.24, 2.45) is 0 Å². The summed E-state index contributed by atoms with van der Waals surface area (Å²) >= 11 is 0. The van der Waals surface area contributed by atoms with Gasteiger partial charge in [0.1, 0.15) is 24.1 Å². The number of aromatic nitrogens is 3. The highest BCUT2D eigenvalue weighted by Crippen LogP contribution is 2.31. The molecule has 0 radical (unpaired) electrons. The van der Waals surface area contributed by atoms with E-state index in [9.17, 15) is 18.7 Å². The van der Waals surface area contributed by atoms with Crippen LogP contribution < -0.4 is 5.56 Å². The normalized spacial score (nSPS) is 12.2. The summed E-state index contributed by atoms with van der Waals surface area (Å²) in [6.07, 6.45) is 2.10. The molecule has 6 nitrogen and oxygen atoms in total. The van der Waals surface area contributed by atoms with Gasteiger partial charge in [-0.05, 0) is 62.1 Å². The van der Waals surface area contributed by atoms with Crippen LogP contribution in [0, 0.1) is 18.6 Å². The Hall–Kier alpha value is -3.91. The fourth-order valence-corrected chi connectivity index (χ4v) is 4.56. The van der Waals surface area contributed by atoms with Crippen molar-refractivity contribution in [3.8, 4) is 17.0 Å². The van der Waals surface area contributed by atoms with Crippen LogP contribution in [0.4, 0.5) is 8.78 Å². The van der Waals surface area contributed by atoms with Crippen molar-refractivity contribution in [2.45, 2.75) is 59.3 Å². The van der Waals surface area contributed by atoms with Crippen molar-refractivity contribution in [1.29, 1.82) is 0 Å². The van der Waals surface area contributed by atoms with E-state index in [1.165, 1.54) is 16.7 Å². The minimum Gasteiger partial charge on any atom is -0.494 e. The van der Waals surface area contributed by atoms with Gasteiger partial charge in [-0.2, -0.15) is 4.98 Å². The minimum absolute atomic E-state index is 0.0474. The Labute approximate surface area is 220 Å². The Balaban J connectivity index is 1.77. The molecular weight excluding hydrogens is 488 g/mol. The second-order valence-corrected chi connectivity index (χ2v) is 9.50. The van der Waals surface area contributed by atoms with E-state index < -0.39 is 23.2 Å². The van der Waals surface area contributed by atoms with Gasteiger partial charge in [-0.25, -0.2) is 8.78 Å². The third-order valence-electron chi connectivity index (χ3n) is 6.43. The van der Waals surface area contributed by atoms with Crippen molar-refractivity contribution in [3.05, 3.63) is 111 Å². The van der Waals surface area contributed by atoms with E-state index in [1.807, 2.05) is 64.1 Å². The van der Waals surface area contributed by atoms with E-state index >= 15 is 0 Å². The summed E-state index contributed by atoms with van der Waals surface area (Å²) < 4.78 is 35.4. The van der Waals surface area contributed by atoms with Crippen LogP contribution in [0.2, 0.25) is 0 Å². The van der Waals surface area contributed by atoms with Gasteiger partial charge in [0.05, 0.1) is 17.7 Å². The molecule has 0 amide bonds. The monoisotopic (exact) mass is 519 g/mol. The minimum atomic E-state index is -0.726. The molecule has 0 spiro atoms. The molecule has 0 bridgehead atoms. The van der Waals surface area contributed by atoms with Gasteiger partial charge in [0.15, 0.2) is 0 Å². The highest BCUT2D eigenvalue weighted by atomic mass is 19.1. The lowest BCUT2D eigenvalue weighted by atomic mass is 9.99. The number of rotatable bonds is 9. The topological polar surface area (TPSA) is 77.2 Å². The summed E-state index contributed by atoms with van der Waals surface area (Å²) in [5, 5.41) is 11.4. The van der Waals surface area contributed by atoms with Gasteiger partial charge in [0, 0.05) is 29.9 Å². The van der Waals surface area contributed by atoms with Gasteiger partial charge in [-0.1, -0.05) is 37.3 Å². The van der Waals surface area contributed by atoms with E-state index in [2.05, 4.69) is 9.97 Å². The Kier molecular flexibility index (Phi) is 8.32. The van der Waals surface area contributed by atoms with Crippen LogP contribution in [0.25, 0.3) is 11.1 Å². The van der Waals surface area contributed by atoms with Crippen LogP contribution >= 0.6 is 0 Å². The molecule has 198 valence electrons. The molecule has 1 atom stereocenters. The van der Waals surface area contributed by atoms with Gasteiger partial charge in [0.25, 0.3) is 5.56 Å². The van der Waals surface area contributed by atoms with E-state index in [4.69, 9.17) is 4.74 Å². The molecule has 4 rings (SSSR count). The summed E-state index contributed by atoms with van der Waals surface area (Å²) in [5.74, 6) is -1.56. The number of halogens is 2. The Bertz CT molecular complexity index is 1460. The number of aryl methyl sites for hydroxylation is 1. The summed E-state index contributed by atoms with van der Waals surface area (Å²) in [4.78, 5) is 21.7. The first-order valence-electron chi connectivity index (χ1n) is 12.6. The number of hydrogen-bond donors (Lipinski definition) is 1. The molecule has 0 saturated carbocycles. The summed E-state index contributed by atoms with van der Waals surface area (Å²) in [5.41, 5.74) is 3.54. The maximum atomic E-state index is 14.1. The summed E-state index contributed by atoms with van der Waals surface area (Å²) in [6, 6.07) is 14.1. The molecule has 1 N–H and O–H groups in total. The number of pyridine rings is 1. The van der Waals surface area contributed by atoms with Gasteiger partial charge in [-0.3, -0.25) is 14.3 Å². The lowest BCUT2D eigenvalue weighted by Gasteiger charge is -2.25. The Morgan fingerprint density at radius 1 is 1.05 bits per heavy atom. The Morgan fingerprint density at radius 2 is 1.74 bits per heavy atom. The molecule has 0 unspecified atom stereocenters. The van der Waals surface area contributed by atoms with E-state index in [0.717, 1.165) is 28.5 Å². The van der Waals surface area contributed by atoms with Gasteiger partial charge in [-0.15, -0.1) is 0 Å². The molecule has 2 heterocycles. The van der Waals surface area contributed by atoms with Gasteiger partial charge < -0.3 is 9.84 Å². The van der Waals surface area contributed by atoms with Crippen molar-refractivity contribution in [2.75, 3.05) is 0 Å². The van der Waals surface area contributed by atoms with Crippen molar-refractivity contribution < 1.29 is 18.6 Å². The third-order valence-corrected chi connectivity index (χ3v) is 6.43. The summed E-state index contributed by atoms with van der Waals surface area (Å²) in [7, 11) is 0. The molecule has 0 aliphatic rings. The maximum Gasteiger partial charge on any atom is 0.280 e. The fourth-order valence-electron chi connectivity index (χ4n) is 4.56. The van der Waals surface area contributed by atoms with Crippen LogP contribution in [0.1, 0.15) is 61.4 Å². The van der Waals surface area contributed by atoms with Crippen LogP contribution in [0.15, 0.2) is 65.6 Å². The first kappa shape index (κ1) is 27.1. The van der Waals surface area contributed by atoms with Gasteiger partial charge in [0.2, 0.25) is 5.88 Å². The average Bonchev–Trinajstić information content (AvgIpc) is 2.87. The molecule has 0 fully saturated rings. The average molecular weight is 520 g/mol. The zero-order chi connectivity index (χ0) is 27.4. The second-order valence-electron chi connectivity index (χ2n) is 9.50. The summed E-state index contributed by atoms with van der Waals surface area (Å²) in [6.45, 7) is 7.40. The van der Waals surface area contributed by atoms with Gasteiger partial charge >= 0.3 is 0 Å².